The lowest BCUT2D eigenvalue weighted by atomic mass is 10.1. The van der Waals surface area contributed by atoms with Crippen LogP contribution in [0.1, 0.15) is 41.6 Å². The third-order valence-corrected chi connectivity index (χ3v) is 3.95. The highest BCUT2D eigenvalue weighted by atomic mass is 127. The van der Waals surface area contributed by atoms with Crippen molar-refractivity contribution in [2.75, 3.05) is 11.0 Å². The van der Waals surface area contributed by atoms with Gasteiger partial charge in [0.2, 0.25) is 0 Å². The number of carbonyl (C=O) groups excluding carboxylic acids is 1. The zero-order chi connectivity index (χ0) is 13.4. The zero-order valence-electron chi connectivity index (χ0n) is 10.6. The molecule has 0 aliphatic heterocycles. The van der Waals surface area contributed by atoms with Crippen LogP contribution in [0.15, 0.2) is 18.2 Å². The molecule has 4 heteroatoms. The molecule has 0 aromatic heterocycles. The maximum Gasteiger partial charge on any atom is 0.251 e. The van der Waals surface area contributed by atoms with Crippen LogP contribution in [0, 0.1) is 6.92 Å². The molecule has 1 amide bonds. The van der Waals surface area contributed by atoms with Gasteiger partial charge in [-0.1, -0.05) is 47.0 Å². The van der Waals surface area contributed by atoms with Crippen LogP contribution in [-0.4, -0.2) is 16.9 Å². The van der Waals surface area contributed by atoms with E-state index in [1.165, 1.54) is 23.7 Å². The molecule has 0 spiro atoms. The molecular weight excluding hydrogens is 361 g/mol. The van der Waals surface area contributed by atoms with E-state index in [2.05, 4.69) is 27.9 Å². The molecular formula is C14H19ClINO. The highest BCUT2D eigenvalue weighted by Crippen LogP contribution is 2.16. The van der Waals surface area contributed by atoms with E-state index in [-0.39, 0.29) is 5.91 Å². The summed E-state index contributed by atoms with van der Waals surface area (Å²) in [6.45, 7) is 2.66. The number of benzene rings is 1. The number of aryl methyl sites for hydroxylation is 1. The van der Waals surface area contributed by atoms with E-state index in [1.807, 2.05) is 13.0 Å². The van der Waals surface area contributed by atoms with Crippen molar-refractivity contribution < 1.29 is 4.79 Å². The average molecular weight is 380 g/mol. The summed E-state index contributed by atoms with van der Waals surface area (Å²) in [5.74, 6) is -0.0105. The number of nitrogens with one attached hydrogen (secondary N) is 1. The van der Waals surface area contributed by atoms with E-state index in [0.29, 0.717) is 10.6 Å². The first-order valence-electron chi connectivity index (χ1n) is 6.25. The molecule has 1 rings (SSSR count). The predicted molar refractivity (Wildman–Crippen MR) is 85.9 cm³/mol. The summed E-state index contributed by atoms with van der Waals surface area (Å²) in [4.78, 5) is 11.8. The van der Waals surface area contributed by atoms with Gasteiger partial charge in [-0.2, -0.15) is 0 Å². The molecule has 0 fully saturated rings. The third kappa shape index (κ3) is 5.57. The lowest BCUT2D eigenvalue weighted by molar-refractivity contribution is 0.0953. The van der Waals surface area contributed by atoms with Gasteiger partial charge in [0.15, 0.2) is 0 Å². The van der Waals surface area contributed by atoms with Gasteiger partial charge in [0.05, 0.1) is 0 Å². The Kier molecular flexibility index (Phi) is 7.66. The zero-order valence-corrected chi connectivity index (χ0v) is 13.6. The van der Waals surface area contributed by atoms with Gasteiger partial charge in [0, 0.05) is 17.1 Å². The first kappa shape index (κ1) is 15.8. The van der Waals surface area contributed by atoms with Gasteiger partial charge in [-0.05, 0) is 48.0 Å². The summed E-state index contributed by atoms with van der Waals surface area (Å²) in [6.07, 6.45) is 4.75. The second-order valence-electron chi connectivity index (χ2n) is 4.32. The SMILES string of the molecule is Cc1cc(C(=O)NCCCCCCI)ccc1Cl. The Balaban J connectivity index is 2.30. The Morgan fingerprint density at radius 1 is 1.28 bits per heavy atom. The van der Waals surface area contributed by atoms with Crippen LogP contribution in [-0.2, 0) is 0 Å². The van der Waals surface area contributed by atoms with Crippen molar-refractivity contribution in [2.24, 2.45) is 0 Å². The van der Waals surface area contributed by atoms with Crippen molar-refractivity contribution in [3.8, 4) is 0 Å². The van der Waals surface area contributed by atoms with Crippen molar-refractivity contribution in [1.82, 2.24) is 5.32 Å². The van der Waals surface area contributed by atoms with Crippen molar-refractivity contribution >= 4 is 40.1 Å². The van der Waals surface area contributed by atoms with Gasteiger partial charge in [-0.3, -0.25) is 4.79 Å². The molecule has 2 nitrogen and oxygen atoms in total. The summed E-state index contributed by atoms with van der Waals surface area (Å²) in [6, 6.07) is 5.36. The lowest BCUT2D eigenvalue weighted by Crippen LogP contribution is -2.24. The van der Waals surface area contributed by atoms with Crippen molar-refractivity contribution in [2.45, 2.75) is 32.6 Å². The van der Waals surface area contributed by atoms with Crippen LogP contribution in [0.4, 0.5) is 0 Å². The lowest BCUT2D eigenvalue weighted by Gasteiger charge is -2.06. The number of hydrogen-bond acceptors (Lipinski definition) is 1. The molecule has 0 heterocycles. The van der Waals surface area contributed by atoms with E-state index in [4.69, 9.17) is 11.6 Å². The highest BCUT2D eigenvalue weighted by molar-refractivity contribution is 14.1. The van der Waals surface area contributed by atoms with Gasteiger partial charge in [-0.25, -0.2) is 0 Å². The van der Waals surface area contributed by atoms with E-state index in [1.54, 1.807) is 12.1 Å². The minimum atomic E-state index is -0.0105. The summed E-state index contributed by atoms with van der Waals surface area (Å²) in [5.41, 5.74) is 1.62. The smallest absolute Gasteiger partial charge is 0.251 e. The van der Waals surface area contributed by atoms with Gasteiger partial charge in [-0.15, -0.1) is 0 Å². The molecule has 100 valence electrons. The van der Waals surface area contributed by atoms with Crippen LogP contribution >= 0.6 is 34.2 Å². The van der Waals surface area contributed by atoms with Crippen LogP contribution in [0.3, 0.4) is 0 Å². The number of amides is 1. The standard InChI is InChI=1S/C14H19ClINO/c1-11-10-12(6-7-13(11)15)14(18)17-9-5-3-2-4-8-16/h6-7,10H,2-5,8-9H2,1H3,(H,17,18). The molecule has 0 saturated heterocycles. The highest BCUT2D eigenvalue weighted by Gasteiger charge is 2.06. The monoisotopic (exact) mass is 379 g/mol. The largest absolute Gasteiger partial charge is 0.352 e. The van der Waals surface area contributed by atoms with Crippen LogP contribution < -0.4 is 5.32 Å². The number of halogens is 2. The minimum Gasteiger partial charge on any atom is -0.352 e. The van der Waals surface area contributed by atoms with E-state index >= 15 is 0 Å². The Bertz CT molecular complexity index is 395. The predicted octanol–water partition coefficient (Wildman–Crippen LogP) is 4.37. The average Bonchev–Trinajstić information content (AvgIpc) is 2.36. The van der Waals surface area contributed by atoms with Gasteiger partial charge in [0.25, 0.3) is 5.91 Å². The van der Waals surface area contributed by atoms with Gasteiger partial charge < -0.3 is 5.32 Å². The molecule has 18 heavy (non-hydrogen) atoms. The summed E-state index contributed by atoms with van der Waals surface area (Å²) >= 11 is 8.32. The molecule has 0 aliphatic carbocycles. The number of alkyl halides is 1. The molecule has 0 bridgehead atoms. The number of hydrogen-bond donors (Lipinski definition) is 1. The van der Waals surface area contributed by atoms with E-state index in [9.17, 15) is 4.79 Å². The van der Waals surface area contributed by atoms with E-state index in [0.717, 1.165) is 18.5 Å². The van der Waals surface area contributed by atoms with Gasteiger partial charge >= 0.3 is 0 Å². The molecule has 0 atom stereocenters. The number of carbonyl (C=O) groups is 1. The van der Waals surface area contributed by atoms with Crippen LogP contribution in [0.2, 0.25) is 5.02 Å². The Morgan fingerprint density at radius 2 is 2.00 bits per heavy atom. The fourth-order valence-corrected chi connectivity index (χ4v) is 2.32. The van der Waals surface area contributed by atoms with Crippen molar-refractivity contribution in [1.29, 1.82) is 0 Å². The topological polar surface area (TPSA) is 29.1 Å². The number of rotatable bonds is 7. The fourth-order valence-electron chi connectivity index (χ4n) is 1.66. The number of unbranched alkanes of at least 4 members (excludes halogenated alkanes) is 3. The normalized spacial score (nSPS) is 10.4. The van der Waals surface area contributed by atoms with Crippen LogP contribution in [0.25, 0.3) is 0 Å². The molecule has 0 aliphatic rings. The first-order chi connectivity index (χ1) is 8.65. The molecule has 1 aromatic rings. The third-order valence-electron chi connectivity index (χ3n) is 2.77. The van der Waals surface area contributed by atoms with Crippen molar-refractivity contribution in [3.05, 3.63) is 34.3 Å². The Morgan fingerprint density at radius 3 is 2.67 bits per heavy atom. The fraction of sp³-hybridized carbons (Fsp3) is 0.500. The Labute approximate surface area is 128 Å². The molecule has 0 radical (unpaired) electrons. The second-order valence-corrected chi connectivity index (χ2v) is 5.81. The maximum absolute atomic E-state index is 11.8. The molecule has 0 saturated carbocycles. The second kappa shape index (κ2) is 8.75. The molecule has 1 aromatic carbocycles. The summed E-state index contributed by atoms with van der Waals surface area (Å²) in [5, 5.41) is 3.64. The van der Waals surface area contributed by atoms with E-state index < -0.39 is 0 Å². The Hall–Kier alpha value is -0.290. The van der Waals surface area contributed by atoms with Crippen molar-refractivity contribution in [3.63, 3.8) is 0 Å². The summed E-state index contributed by atoms with van der Waals surface area (Å²) < 4.78 is 1.22. The maximum atomic E-state index is 11.8. The first-order valence-corrected chi connectivity index (χ1v) is 8.16. The molecule has 1 N–H and O–H groups in total. The molecule has 0 unspecified atom stereocenters. The quantitative estimate of drug-likeness (QED) is 0.425. The minimum absolute atomic E-state index is 0.0105. The van der Waals surface area contributed by atoms with Gasteiger partial charge in [0.1, 0.15) is 0 Å². The summed E-state index contributed by atoms with van der Waals surface area (Å²) in [7, 11) is 0. The van der Waals surface area contributed by atoms with Crippen LogP contribution in [0.5, 0.6) is 0 Å².